The summed E-state index contributed by atoms with van der Waals surface area (Å²) in [5.74, 6) is 0. The van der Waals surface area contributed by atoms with Crippen LogP contribution >= 0.6 is 11.8 Å². The van der Waals surface area contributed by atoms with Gasteiger partial charge < -0.3 is 10.5 Å². The molecule has 0 amide bonds. The van der Waals surface area contributed by atoms with E-state index in [1.807, 2.05) is 42.7 Å². The van der Waals surface area contributed by atoms with Crippen LogP contribution < -0.4 is 5.73 Å². The minimum atomic E-state index is -0.0712. The molecule has 21 heavy (non-hydrogen) atoms. The highest BCUT2D eigenvalue weighted by Gasteiger charge is 2.13. The first-order chi connectivity index (χ1) is 10.3. The minimum absolute atomic E-state index is 0.0712. The summed E-state index contributed by atoms with van der Waals surface area (Å²) in [7, 11) is 0. The van der Waals surface area contributed by atoms with Crippen LogP contribution in [0.4, 0.5) is 0 Å². The first-order valence-corrected chi connectivity index (χ1v) is 8.09. The Morgan fingerprint density at radius 2 is 1.57 bits per heavy atom. The van der Waals surface area contributed by atoms with E-state index in [1.165, 1.54) is 11.8 Å². The van der Waals surface area contributed by atoms with Crippen molar-refractivity contribution < 1.29 is 4.74 Å². The third kappa shape index (κ3) is 4.92. The molecule has 0 heterocycles. The molecular formula is C17H20N2OS. The second-order valence-corrected chi connectivity index (χ2v) is 5.32. The van der Waals surface area contributed by atoms with Gasteiger partial charge in [-0.15, -0.1) is 0 Å². The van der Waals surface area contributed by atoms with Crippen LogP contribution in [0.1, 0.15) is 17.2 Å². The predicted molar refractivity (Wildman–Crippen MR) is 90.7 cm³/mol. The fraction of sp³-hybridized carbons (Fsp3) is 0.235. The van der Waals surface area contributed by atoms with Gasteiger partial charge in [-0.05, 0) is 17.4 Å². The molecule has 2 N–H and O–H groups in total. The van der Waals surface area contributed by atoms with Crippen molar-refractivity contribution in [1.82, 2.24) is 0 Å². The van der Waals surface area contributed by atoms with Crippen molar-refractivity contribution in [3.05, 3.63) is 71.8 Å². The maximum Gasteiger partial charge on any atom is 0.153 e. The Hall–Kier alpha value is -1.78. The minimum Gasteiger partial charge on any atom is -0.379 e. The Labute approximate surface area is 130 Å². The quantitative estimate of drug-likeness (QED) is 0.505. The number of ether oxygens (including phenoxy) is 1. The summed E-state index contributed by atoms with van der Waals surface area (Å²) >= 11 is 1.45. The lowest BCUT2D eigenvalue weighted by Crippen LogP contribution is -2.11. The lowest BCUT2D eigenvalue weighted by molar-refractivity contribution is 0.0867. The molecular weight excluding hydrogens is 280 g/mol. The van der Waals surface area contributed by atoms with Crippen molar-refractivity contribution in [3.63, 3.8) is 0 Å². The van der Waals surface area contributed by atoms with Crippen LogP contribution in [-0.4, -0.2) is 24.6 Å². The molecule has 110 valence electrons. The molecule has 2 aromatic carbocycles. The number of nitrogens with two attached hydrogens (primary N) is 1. The molecule has 4 heteroatoms. The molecule has 0 saturated heterocycles. The number of benzene rings is 2. The van der Waals surface area contributed by atoms with Gasteiger partial charge in [-0.3, -0.25) is 4.99 Å². The Morgan fingerprint density at radius 1 is 1.05 bits per heavy atom. The van der Waals surface area contributed by atoms with Crippen LogP contribution in [-0.2, 0) is 4.74 Å². The number of thioether (sulfide) groups is 1. The summed E-state index contributed by atoms with van der Waals surface area (Å²) in [6.07, 6.45) is 1.84. The number of hydrogen-bond donors (Lipinski definition) is 1. The first-order valence-electron chi connectivity index (χ1n) is 6.86. The van der Waals surface area contributed by atoms with Gasteiger partial charge in [0.15, 0.2) is 5.17 Å². The number of aliphatic imine (C=N–C) groups is 1. The van der Waals surface area contributed by atoms with E-state index in [-0.39, 0.29) is 6.10 Å². The Kier molecular flexibility index (Phi) is 6.31. The van der Waals surface area contributed by atoms with Gasteiger partial charge in [0.2, 0.25) is 0 Å². The molecule has 0 bridgehead atoms. The smallest absolute Gasteiger partial charge is 0.153 e. The van der Waals surface area contributed by atoms with Crippen LogP contribution in [0.5, 0.6) is 0 Å². The molecule has 2 aromatic rings. The van der Waals surface area contributed by atoms with Crippen molar-refractivity contribution in [1.29, 1.82) is 0 Å². The zero-order valence-corrected chi connectivity index (χ0v) is 12.9. The fourth-order valence-electron chi connectivity index (χ4n) is 2.03. The van der Waals surface area contributed by atoms with E-state index in [0.29, 0.717) is 18.3 Å². The maximum atomic E-state index is 6.04. The van der Waals surface area contributed by atoms with Gasteiger partial charge >= 0.3 is 0 Å². The fourth-order valence-corrected chi connectivity index (χ4v) is 2.25. The topological polar surface area (TPSA) is 47.6 Å². The molecule has 0 fully saturated rings. The van der Waals surface area contributed by atoms with Crippen LogP contribution in [0.25, 0.3) is 0 Å². The number of nitrogens with zero attached hydrogens (tertiary/aromatic N) is 1. The van der Waals surface area contributed by atoms with Gasteiger partial charge in [0.1, 0.15) is 6.10 Å². The van der Waals surface area contributed by atoms with Crippen molar-refractivity contribution >= 4 is 16.9 Å². The highest BCUT2D eigenvalue weighted by atomic mass is 32.2. The summed E-state index contributed by atoms with van der Waals surface area (Å²) in [5.41, 5.74) is 7.96. The Bertz CT molecular complexity index is 518. The number of hydrogen-bond acceptors (Lipinski definition) is 3. The van der Waals surface area contributed by atoms with E-state index in [9.17, 15) is 0 Å². The molecule has 0 aromatic heterocycles. The first kappa shape index (κ1) is 15.6. The SMILES string of the molecule is CSC(N)=NCCOC(c1ccccc1)c1ccccc1. The summed E-state index contributed by atoms with van der Waals surface area (Å²) < 4.78 is 6.04. The summed E-state index contributed by atoms with van der Waals surface area (Å²) in [6.45, 7) is 1.11. The van der Waals surface area contributed by atoms with Crippen LogP contribution in [0, 0.1) is 0 Å². The molecule has 3 nitrogen and oxygen atoms in total. The molecule has 0 aliphatic rings. The van der Waals surface area contributed by atoms with E-state index in [2.05, 4.69) is 29.3 Å². The standard InChI is InChI=1S/C17H20N2OS/c1-21-17(18)19-12-13-20-16(14-8-4-2-5-9-14)15-10-6-3-7-11-15/h2-11,16H,12-13H2,1H3,(H2,18,19). The third-order valence-corrected chi connectivity index (χ3v) is 3.60. The van der Waals surface area contributed by atoms with Crippen molar-refractivity contribution in [3.8, 4) is 0 Å². The van der Waals surface area contributed by atoms with E-state index in [1.54, 1.807) is 0 Å². The van der Waals surface area contributed by atoms with Crippen molar-refractivity contribution in [2.24, 2.45) is 10.7 Å². The van der Waals surface area contributed by atoms with Crippen molar-refractivity contribution in [2.45, 2.75) is 6.10 Å². The molecule has 0 spiro atoms. The largest absolute Gasteiger partial charge is 0.379 e. The van der Waals surface area contributed by atoms with E-state index < -0.39 is 0 Å². The van der Waals surface area contributed by atoms with E-state index in [0.717, 1.165) is 11.1 Å². The number of rotatable bonds is 6. The van der Waals surface area contributed by atoms with Gasteiger partial charge in [0, 0.05) is 0 Å². The monoisotopic (exact) mass is 300 g/mol. The molecule has 0 atom stereocenters. The Balaban J connectivity index is 2.07. The summed E-state index contributed by atoms with van der Waals surface area (Å²) in [5, 5.41) is 0.592. The van der Waals surface area contributed by atoms with Crippen LogP contribution in [0.3, 0.4) is 0 Å². The zero-order valence-electron chi connectivity index (χ0n) is 12.1. The summed E-state index contributed by atoms with van der Waals surface area (Å²) in [4.78, 5) is 4.23. The molecule has 0 aliphatic heterocycles. The van der Waals surface area contributed by atoms with E-state index >= 15 is 0 Å². The van der Waals surface area contributed by atoms with Gasteiger partial charge in [-0.25, -0.2) is 0 Å². The normalized spacial score (nSPS) is 11.8. The lowest BCUT2D eigenvalue weighted by atomic mass is 10.0. The average Bonchev–Trinajstić information content (AvgIpc) is 2.56. The van der Waals surface area contributed by atoms with Crippen LogP contribution in [0.2, 0.25) is 0 Å². The molecule has 2 rings (SSSR count). The van der Waals surface area contributed by atoms with Crippen LogP contribution in [0.15, 0.2) is 65.7 Å². The molecule has 0 saturated carbocycles. The van der Waals surface area contributed by atoms with Gasteiger partial charge in [-0.1, -0.05) is 72.4 Å². The van der Waals surface area contributed by atoms with Gasteiger partial charge in [0.25, 0.3) is 0 Å². The molecule has 0 unspecified atom stereocenters. The second kappa shape index (κ2) is 8.49. The molecule has 0 radical (unpaired) electrons. The summed E-state index contributed by atoms with van der Waals surface area (Å²) in [6, 6.07) is 20.4. The lowest BCUT2D eigenvalue weighted by Gasteiger charge is -2.18. The highest BCUT2D eigenvalue weighted by molar-refractivity contribution is 8.13. The van der Waals surface area contributed by atoms with Gasteiger partial charge in [0.05, 0.1) is 13.2 Å². The van der Waals surface area contributed by atoms with Crippen molar-refractivity contribution in [2.75, 3.05) is 19.4 Å². The Morgan fingerprint density at radius 3 is 2.05 bits per heavy atom. The van der Waals surface area contributed by atoms with E-state index in [4.69, 9.17) is 10.5 Å². The second-order valence-electron chi connectivity index (χ2n) is 4.50. The number of amidine groups is 1. The van der Waals surface area contributed by atoms with Gasteiger partial charge in [-0.2, -0.15) is 0 Å². The predicted octanol–water partition coefficient (Wildman–Crippen LogP) is 3.47. The molecule has 0 aliphatic carbocycles. The maximum absolute atomic E-state index is 6.04. The highest BCUT2D eigenvalue weighted by Crippen LogP contribution is 2.25. The zero-order chi connectivity index (χ0) is 14.9. The average molecular weight is 300 g/mol. The third-order valence-electron chi connectivity index (χ3n) is 3.06.